The van der Waals surface area contributed by atoms with Gasteiger partial charge in [-0.05, 0) is 18.1 Å². The number of amides is 1. The minimum atomic E-state index is -0.368. The summed E-state index contributed by atoms with van der Waals surface area (Å²) < 4.78 is 5.31. The van der Waals surface area contributed by atoms with Gasteiger partial charge in [-0.25, -0.2) is 0 Å². The highest BCUT2D eigenvalue weighted by atomic mass is 16.5. The van der Waals surface area contributed by atoms with E-state index in [9.17, 15) is 9.59 Å². The van der Waals surface area contributed by atoms with Crippen LogP contribution in [0, 0.1) is 6.92 Å². The predicted octanol–water partition coefficient (Wildman–Crippen LogP) is 3.35. The Bertz CT molecular complexity index is 665. The van der Waals surface area contributed by atoms with Gasteiger partial charge in [0.05, 0.1) is 19.1 Å². The largest absolute Gasteiger partial charge is 0.465 e. The number of carbonyl (C=O) groups is 2. The number of hydrogen-bond acceptors (Lipinski definition) is 3. The van der Waals surface area contributed by atoms with Gasteiger partial charge in [0.25, 0.3) is 0 Å². The molecule has 24 heavy (non-hydrogen) atoms. The van der Waals surface area contributed by atoms with Crippen molar-refractivity contribution in [1.29, 1.82) is 0 Å². The van der Waals surface area contributed by atoms with Gasteiger partial charge in [-0.1, -0.05) is 60.2 Å². The monoisotopic (exact) mass is 325 g/mol. The average molecular weight is 325 g/mol. The quantitative estimate of drug-likeness (QED) is 0.794. The maximum atomic E-state index is 12.1. The Labute approximate surface area is 142 Å². The van der Waals surface area contributed by atoms with Gasteiger partial charge < -0.3 is 10.1 Å². The average Bonchev–Trinajstić information content (AvgIpc) is 2.55. The number of aryl methyl sites for hydroxylation is 1. The molecule has 0 saturated heterocycles. The van der Waals surface area contributed by atoms with Crippen molar-refractivity contribution in [3.63, 3.8) is 0 Å². The van der Waals surface area contributed by atoms with Gasteiger partial charge >= 0.3 is 5.97 Å². The fourth-order valence-electron chi connectivity index (χ4n) is 2.45. The molecular formula is C20H23NO3. The van der Waals surface area contributed by atoms with Gasteiger partial charge in [0.2, 0.25) is 5.91 Å². The van der Waals surface area contributed by atoms with Crippen LogP contribution >= 0.6 is 0 Å². The van der Waals surface area contributed by atoms with Crippen LogP contribution in [0.4, 0.5) is 0 Å². The summed E-state index contributed by atoms with van der Waals surface area (Å²) in [6.45, 7) is 3.78. The van der Waals surface area contributed by atoms with Gasteiger partial charge in [-0.2, -0.15) is 0 Å². The van der Waals surface area contributed by atoms with E-state index in [1.54, 1.807) is 0 Å². The molecular weight excluding hydrogens is 302 g/mol. The summed E-state index contributed by atoms with van der Waals surface area (Å²) in [5.41, 5.74) is 3.16. The molecule has 2 aromatic carbocycles. The minimum absolute atomic E-state index is 0.122. The van der Waals surface area contributed by atoms with Crippen LogP contribution in [0.2, 0.25) is 0 Å². The number of esters is 1. The Kier molecular flexibility index (Phi) is 6.55. The van der Waals surface area contributed by atoms with Crippen LogP contribution in [0.5, 0.6) is 0 Å². The predicted molar refractivity (Wildman–Crippen MR) is 93.5 cm³/mol. The van der Waals surface area contributed by atoms with Gasteiger partial charge in [-0.3, -0.25) is 9.59 Å². The number of rotatable bonds is 7. The second-order valence-electron chi connectivity index (χ2n) is 5.82. The third-order valence-electron chi connectivity index (χ3n) is 3.72. The molecule has 4 nitrogen and oxygen atoms in total. The summed E-state index contributed by atoms with van der Waals surface area (Å²) in [5, 5.41) is 2.81. The van der Waals surface area contributed by atoms with Crippen molar-refractivity contribution in [2.24, 2.45) is 0 Å². The smallest absolute Gasteiger partial charge is 0.308 e. The zero-order valence-corrected chi connectivity index (χ0v) is 14.1. The van der Waals surface area contributed by atoms with Crippen LogP contribution < -0.4 is 5.32 Å². The summed E-state index contributed by atoms with van der Waals surface area (Å²) in [6.07, 6.45) is 0.805. The minimum Gasteiger partial charge on any atom is -0.465 e. The maximum absolute atomic E-state index is 12.1. The molecule has 4 heteroatoms. The van der Waals surface area contributed by atoms with Gasteiger partial charge in [-0.15, -0.1) is 0 Å². The maximum Gasteiger partial charge on any atom is 0.308 e. The van der Waals surface area contributed by atoms with E-state index in [1.165, 1.54) is 6.92 Å². The molecule has 0 radical (unpaired) electrons. The molecule has 0 bridgehead atoms. The van der Waals surface area contributed by atoms with Gasteiger partial charge in [0.1, 0.15) is 0 Å². The van der Waals surface area contributed by atoms with Crippen LogP contribution in [-0.2, 0) is 20.7 Å². The molecule has 0 aliphatic heterocycles. The van der Waals surface area contributed by atoms with Crippen molar-refractivity contribution in [3.8, 4) is 0 Å². The molecule has 2 rings (SSSR count). The highest BCUT2D eigenvalue weighted by Crippen LogP contribution is 2.18. The Morgan fingerprint density at radius 3 is 2.33 bits per heavy atom. The van der Waals surface area contributed by atoms with E-state index in [1.807, 2.05) is 61.5 Å². The van der Waals surface area contributed by atoms with Gasteiger partial charge in [0.15, 0.2) is 0 Å². The molecule has 2 aromatic rings. The summed E-state index contributed by atoms with van der Waals surface area (Å²) >= 11 is 0. The third kappa shape index (κ3) is 5.88. The Morgan fingerprint density at radius 2 is 1.71 bits per heavy atom. The Morgan fingerprint density at radius 1 is 1.04 bits per heavy atom. The normalized spacial score (nSPS) is 11.6. The number of nitrogens with one attached hydrogen (secondary N) is 1. The highest BCUT2D eigenvalue weighted by molar-refractivity contribution is 5.76. The van der Waals surface area contributed by atoms with E-state index in [0.29, 0.717) is 13.0 Å². The van der Waals surface area contributed by atoms with Crippen LogP contribution in [0.3, 0.4) is 0 Å². The molecule has 0 heterocycles. The molecule has 0 aromatic heterocycles. The number of hydrogen-bond donors (Lipinski definition) is 1. The standard InChI is InChI=1S/C20H23NO3/c1-15-8-10-18(11-9-15)19(21-16(2)22)14-20(23)24-13-12-17-6-4-3-5-7-17/h3-11,19H,12-14H2,1-2H3,(H,21,22). The fraction of sp³-hybridized carbons (Fsp3) is 0.300. The van der Waals surface area contributed by atoms with Crippen molar-refractivity contribution < 1.29 is 14.3 Å². The van der Waals surface area contributed by atoms with Crippen molar-refractivity contribution in [2.45, 2.75) is 32.7 Å². The van der Waals surface area contributed by atoms with Crippen LogP contribution in [0.1, 0.15) is 36.1 Å². The molecule has 0 fully saturated rings. The molecule has 1 N–H and O–H groups in total. The molecule has 0 aliphatic rings. The van der Waals surface area contributed by atoms with Crippen molar-refractivity contribution in [2.75, 3.05) is 6.61 Å². The second-order valence-corrected chi connectivity index (χ2v) is 5.82. The third-order valence-corrected chi connectivity index (χ3v) is 3.72. The molecule has 1 unspecified atom stereocenters. The highest BCUT2D eigenvalue weighted by Gasteiger charge is 2.18. The lowest BCUT2D eigenvalue weighted by Crippen LogP contribution is -2.28. The fourth-order valence-corrected chi connectivity index (χ4v) is 2.45. The van der Waals surface area contributed by atoms with Crippen molar-refractivity contribution >= 4 is 11.9 Å². The summed E-state index contributed by atoms with van der Waals surface area (Å²) in [5.74, 6) is -0.483. The zero-order chi connectivity index (χ0) is 17.4. The molecule has 0 spiro atoms. The van der Waals surface area contributed by atoms with Crippen molar-refractivity contribution in [1.82, 2.24) is 5.32 Å². The number of ether oxygens (including phenoxy) is 1. The van der Waals surface area contributed by atoms with Crippen LogP contribution in [0.25, 0.3) is 0 Å². The van der Waals surface area contributed by atoms with E-state index in [0.717, 1.165) is 16.7 Å². The first-order valence-electron chi connectivity index (χ1n) is 8.08. The van der Waals surface area contributed by atoms with Crippen LogP contribution in [-0.4, -0.2) is 18.5 Å². The van der Waals surface area contributed by atoms with E-state index in [4.69, 9.17) is 4.74 Å². The Balaban J connectivity index is 1.89. The number of benzene rings is 2. The first-order chi connectivity index (χ1) is 11.5. The lowest BCUT2D eigenvalue weighted by Gasteiger charge is -2.18. The lowest BCUT2D eigenvalue weighted by atomic mass is 10.0. The van der Waals surface area contributed by atoms with E-state index in [-0.39, 0.29) is 24.3 Å². The number of carbonyl (C=O) groups excluding carboxylic acids is 2. The molecule has 1 atom stereocenters. The van der Waals surface area contributed by atoms with Crippen LogP contribution in [0.15, 0.2) is 54.6 Å². The SMILES string of the molecule is CC(=O)NC(CC(=O)OCCc1ccccc1)c1ccc(C)cc1. The first kappa shape index (κ1) is 17.7. The molecule has 126 valence electrons. The molecule has 0 saturated carbocycles. The molecule has 0 aliphatic carbocycles. The summed E-state index contributed by atoms with van der Waals surface area (Å²) in [7, 11) is 0. The summed E-state index contributed by atoms with van der Waals surface area (Å²) in [4.78, 5) is 23.5. The van der Waals surface area contributed by atoms with E-state index < -0.39 is 0 Å². The van der Waals surface area contributed by atoms with Crippen molar-refractivity contribution in [3.05, 3.63) is 71.3 Å². The zero-order valence-electron chi connectivity index (χ0n) is 14.1. The topological polar surface area (TPSA) is 55.4 Å². The Hall–Kier alpha value is -2.62. The lowest BCUT2D eigenvalue weighted by molar-refractivity contribution is -0.144. The van der Waals surface area contributed by atoms with E-state index >= 15 is 0 Å². The first-order valence-corrected chi connectivity index (χ1v) is 8.08. The van der Waals surface area contributed by atoms with Gasteiger partial charge in [0, 0.05) is 13.3 Å². The van der Waals surface area contributed by atoms with E-state index in [2.05, 4.69) is 5.32 Å². The second kappa shape index (κ2) is 8.87. The molecule has 1 amide bonds. The summed E-state index contributed by atoms with van der Waals surface area (Å²) in [6, 6.07) is 17.3.